The summed E-state index contributed by atoms with van der Waals surface area (Å²) in [6.45, 7) is 0.747. The molecule has 0 aliphatic carbocycles. The number of carbonyl (C=O) groups is 1. The van der Waals surface area contributed by atoms with E-state index < -0.39 is 0 Å². The molecule has 0 aromatic rings. The Labute approximate surface area is 61.8 Å². The van der Waals surface area contributed by atoms with E-state index in [1.54, 1.807) is 14.2 Å². The van der Waals surface area contributed by atoms with Crippen LogP contribution in [0.5, 0.6) is 0 Å². The third-order valence-electron chi connectivity index (χ3n) is 1.28. The van der Waals surface area contributed by atoms with Crippen LogP contribution in [0, 0.1) is 0 Å². The smallest absolute Gasteiger partial charge is 0.219 e. The van der Waals surface area contributed by atoms with Crippen molar-refractivity contribution in [2.24, 2.45) is 0 Å². The first-order valence-corrected chi connectivity index (χ1v) is 3.50. The van der Waals surface area contributed by atoms with Crippen LogP contribution in [0.4, 0.5) is 0 Å². The van der Waals surface area contributed by atoms with Crippen molar-refractivity contribution in [2.45, 2.75) is 19.3 Å². The van der Waals surface area contributed by atoms with Crippen molar-refractivity contribution < 1.29 is 9.53 Å². The zero-order chi connectivity index (χ0) is 7.82. The van der Waals surface area contributed by atoms with Crippen molar-refractivity contribution in [2.75, 3.05) is 20.8 Å². The number of ether oxygens (including phenoxy) is 1. The molecule has 10 heavy (non-hydrogen) atoms. The Morgan fingerprint density at radius 2 is 2.20 bits per heavy atom. The highest BCUT2D eigenvalue weighted by atomic mass is 16.5. The molecule has 0 aromatic carbocycles. The lowest BCUT2D eigenvalue weighted by Gasteiger charge is -1.98. The van der Waals surface area contributed by atoms with Crippen molar-refractivity contribution in [3.8, 4) is 0 Å². The van der Waals surface area contributed by atoms with E-state index in [1.807, 2.05) is 0 Å². The van der Waals surface area contributed by atoms with Crippen molar-refractivity contribution in [1.29, 1.82) is 0 Å². The highest BCUT2D eigenvalue weighted by Crippen LogP contribution is 1.94. The van der Waals surface area contributed by atoms with E-state index >= 15 is 0 Å². The molecule has 60 valence electrons. The number of hydrogen-bond donors (Lipinski definition) is 1. The zero-order valence-corrected chi connectivity index (χ0v) is 6.64. The summed E-state index contributed by atoms with van der Waals surface area (Å²) in [7, 11) is 3.32. The van der Waals surface area contributed by atoms with Gasteiger partial charge < -0.3 is 10.1 Å². The highest BCUT2D eigenvalue weighted by molar-refractivity contribution is 5.75. The average molecular weight is 145 g/mol. The lowest BCUT2D eigenvalue weighted by molar-refractivity contribution is -0.120. The fourth-order valence-corrected chi connectivity index (χ4v) is 0.657. The minimum absolute atomic E-state index is 0.108. The van der Waals surface area contributed by atoms with Crippen LogP contribution < -0.4 is 5.32 Å². The van der Waals surface area contributed by atoms with Gasteiger partial charge in [0.05, 0.1) is 0 Å². The van der Waals surface area contributed by atoms with Crippen LogP contribution in [0.3, 0.4) is 0 Å². The first-order chi connectivity index (χ1) is 4.81. The summed E-state index contributed by atoms with van der Waals surface area (Å²) in [6.07, 6.45) is 2.48. The first-order valence-electron chi connectivity index (χ1n) is 3.50. The molecule has 1 amide bonds. The Morgan fingerprint density at radius 1 is 1.50 bits per heavy atom. The third-order valence-corrected chi connectivity index (χ3v) is 1.28. The molecule has 0 aliphatic heterocycles. The molecule has 0 radical (unpaired) electrons. The number of carbonyl (C=O) groups excluding carboxylic acids is 1. The second kappa shape index (κ2) is 6.55. The second-order valence-electron chi connectivity index (χ2n) is 2.12. The molecule has 0 saturated heterocycles. The maximum Gasteiger partial charge on any atom is 0.219 e. The SMILES string of the molecule is CNC(=O)CCCCOC. The molecule has 0 unspecified atom stereocenters. The van der Waals surface area contributed by atoms with Crippen molar-refractivity contribution in [1.82, 2.24) is 5.32 Å². The van der Waals surface area contributed by atoms with Gasteiger partial charge in [-0.1, -0.05) is 0 Å². The number of rotatable bonds is 5. The molecular formula is C7H15NO2. The van der Waals surface area contributed by atoms with E-state index in [-0.39, 0.29) is 5.91 Å². The van der Waals surface area contributed by atoms with Crippen LogP contribution in [-0.2, 0) is 9.53 Å². The molecule has 1 N–H and O–H groups in total. The molecule has 0 saturated carbocycles. The molecule has 0 fully saturated rings. The van der Waals surface area contributed by atoms with E-state index in [9.17, 15) is 4.79 Å². The Bertz CT molecular complexity index is 93.6. The van der Waals surface area contributed by atoms with Gasteiger partial charge >= 0.3 is 0 Å². The molecule has 3 nitrogen and oxygen atoms in total. The van der Waals surface area contributed by atoms with E-state index in [0.29, 0.717) is 6.42 Å². The fraction of sp³-hybridized carbons (Fsp3) is 0.857. The minimum atomic E-state index is 0.108. The lowest BCUT2D eigenvalue weighted by Crippen LogP contribution is -2.17. The van der Waals surface area contributed by atoms with E-state index in [2.05, 4.69) is 5.32 Å². The van der Waals surface area contributed by atoms with Crippen LogP contribution >= 0.6 is 0 Å². The molecule has 0 heterocycles. The summed E-state index contributed by atoms with van der Waals surface area (Å²) < 4.78 is 4.83. The maximum atomic E-state index is 10.6. The highest BCUT2D eigenvalue weighted by Gasteiger charge is 1.95. The van der Waals surface area contributed by atoms with Gasteiger partial charge in [-0.2, -0.15) is 0 Å². The Kier molecular flexibility index (Phi) is 6.18. The summed E-state index contributed by atoms with van der Waals surface area (Å²) in [5.41, 5.74) is 0. The molecule has 0 bridgehead atoms. The van der Waals surface area contributed by atoms with E-state index in [1.165, 1.54) is 0 Å². The number of amides is 1. The summed E-state index contributed by atoms with van der Waals surface area (Å²) in [5, 5.41) is 2.56. The quantitative estimate of drug-likeness (QED) is 0.574. The second-order valence-corrected chi connectivity index (χ2v) is 2.12. The first kappa shape index (κ1) is 9.43. The van der Waals surface area contributed by atoms with E-state index in [0.717, 1.165) is 19.4 Å². The number of unbranched alkanes of at least 4 members (excludes halogenated alkanes) is 1. The number of hydrogen-bond acceptors (Lipinski definition) is 2. The Morgan fingerprint density at radius 3 is 2.70 bits per heavy atom. The number of nitrogens with one attached hydrogen (secondary N) is 1. The fourth-order valence-electron chi connectivity index (χ4n) is 0.657. The van der Waals surface area contributed by atoms with Gasteiger partial charge in [0, 0.05) is 27.2 Å². The monoisotopic (exact) mass is 145 g/mol. The molecular weight excluding hydrogens is 130 g/mol. The van der Waals surface area contributed by atoms with Gasteiger partial charge in [0.1, 0.15) is 0 Å². The lowest BCUT2D eigenvalue weighted by atomic mass is 10.2. The molecule has 0 rings (SSSR count). The summed E-state index contributed by atoms with van der Waals surface area (Å²) in [5.74, 6) is 0.108. The van der Waals surface area contributed by atoms with Crippen LogP contribution in [0.15, 0.2) is 0 Å². The van der Waals surface area contributed by atoms with Crippen LogP contribution in [-0.4, -0.2) is 26.7 Å². The van der Waals surface area contributed by atoms with Gasteiger partial charge in [0.25, 0.3) is 0 Å². The predicted molar refractivity (Wildman–Crippen MR) is 39.8 cm³/mol. The number of methoxy groups -OCH3 is 1. The normalized spacial score (nSPS) is 9.40. The van der Waals surface area contributed by atoms with Gasteiger partial charge in [0.2, 0.25) is 5.91 Å². The molecule has 0 spiro atoms. The largest absolute Gasteiger partial charge is 0.385 e. The average Bonchev–Trinajstić information content (AvgIpc) is 1.98. The van der Waals surface area contributed by atoms with Crippen LogP contribution in [0.25, 0.3) is 0 Å². The molecule has 0 aromatic heterocycles. The molecule has 0 atom stereocenters. The Balaban J connectivity index is 2.96. The van der Waals surface area contributed by atoms with E-state index in [4.69, 9.17) is 4.74 Å². The summed E-state index contributed by atoms with van der Waals surface area (Å²) >= 11 is 0. The Hall–Kier alpha value is -0.570. The van der Waals surface area contributed by atoms with Crippen molar-refractivity contribution in [3.05, 3.63) is 0 Å². The van der Waals surface area contributed by atoms with Crippen molar-refractivity contribution in [3.63, 3.8) is 0 Å². The topological polar surface area (TPSA) is 38.3 Å². The summed E-state index contributed by atoms with van der Waals surface area (Å²) in [4.78, 5) is 10.6. The van der Waals surface area contributed by atoms with Gasteiger partial charge in [-0.25, -0.2) is 0 Å². The minimum Gasteiger partial charge on any atom is -0.385 e. The van der Waals surface area contributed by atoms with Crippen LogP contribution in [0.1, 0.15) is 19.3 Å². The molecule has 0 aliphatic rings. The standard InChI is InChI=1S/C7H15NO2/c1-8-7(9)5-3-4-6-10-2/h3-6H2,1-2H3,(H,8,9). The summed E-state index contributed by atoms with van der Waals surface area (Å²) in [6, 6.07) is 0. The van der Waals surface area contributed by atoms with Gasteiger partial charge in [-0.15, -0.1) is 0 Å². The maximum absolute atomic E-state index is 10.6. The third kappa shape index (κ3) is 5.56. The van der Waals surface area contributed by atoms with Gasteiger partial charge in [-0.05, 0) is 12.8 Å². The van der Waals surface area contributed by atoms with Crippen molar-refractivity contribution >= 4 is 5.91 Å². The van der Waals surface area contributed by atoms with Gasteiger partial charge in [-0.3, -0.25) is 4.79 Å². The zero-order valence-electron chi connectivity index (χ0n) is 6.64. The van der Waals surface area contributed by atoms with Gasteiger partial charge in [0.15, 0.2) is 0 Å². The molecule has 3 heteroatoms. The predicted octanol–water partition coefficient (Wildman–Crippen LogP) is 0.549. The van der Waals surface area contributed by atoms with Crippen LogP contribution in [0.2, 0.25) is 0 Å².